The maximum atomic E-state index is 12.5. The monoisotopic (exact) mass is 501 g/mol. The lowest BCUT2D eigenvalue weighted by Gasteiger charge is -2.38. The molecule has 2 aromatic carbocycles. The molecule has 2 aromatic rings. The number of halogens is 1. The van der Waals surface area contributed by atoms with Crippen LogP contribution in [0.2, 0.25) is 5.02 Å². The molecule has 0 fully saturated rings. The van der Waals surface area contributed by atoms with Gasteiger partial charge in [0.2, 0.25) is 0 Å². The molecule has 0 saturated carbocycles. The number of rotatable bonds is 10. The van der Waals surface area contributed by atoms with Crippen molar-refractivity contribution in [2.24, 2.45) is 5.92 Å². The summed E-state index contributed by atoms with van der Waals surface area (Å²) in [6, 6.07) is 12.7. The molecule has 2 unspecified atom stereocenters. The molecule has 7 nitrogen and oxygen atoms in total. The van der Waals surface area contributed by atoms with Gasteiger partial charge in [-0.1, -0.05) is 55.8 Å². The number of nitrogens with zero attached hydrogens (tertiary/aromatic N) is 1. The summed E-state index contributed by atoms with van der Waals surface area (Å²) in [5, 5.41) is 21.4. The van der Waals surface area contributed by atoms with Crippen molar-refractivity contribution in [2.75, 3.05) is 20.3 Å². The van der Waals surface area contributed by atoms with Crippen LogP contribution < -0.4 is 9.47 Å². The highest BCUT2D eigenvalue weighted by atomic mass is 35.5. The van der Waals surface area contributed by atoms with E-state index in [1.54, 1.807) is 30.0 Å². The molecule has 0 spiro atoms. The lowest BCUT2D eigenvalue weighted by Crippen LogP contribution is -2.40. The zero-order valence-corrected chi connectivity index (χ0v) is 21.2. The number of esters is 1. The van der Waals surface area contributed by atoms with Crippen LogP contribution in [0.1, 0.15) is 31.9 Å². The number of aliphatic hydroxyl groups is 2. The van der Waals surface area contributed by atoms with E-state index in [0.717, 1.165) is 5.56 Å². The molecule has 0 saturated heterocycles. The standard InChI is InChI=1S/C27H32ClNO6/c1-5-34-27(32)20-14-29(23(15-30)17(2)3)22(12-24(20)31)19-11-21(28)26(33-4)13-25(19)35-16-18-9-7-6-8-10-18/h6-14,17,23-24,30-31H,5,15-16H2,1-4H3. The fraction of sp³-hybridized carbons (Fsp3) is 0.370. The Labute approximate surface area is 211 Å². The summed E-state index contributed by atoms with van der Waals surface area (Å²) in [7, 11) is 1.52. The maximum absolute atomic E-state index is 12.5. The molecule has 8 heteroatoms. The molecule has 2 N–H and O–H groups in total. The quantitative estimate of drug-likeness (QED) is 0.466. The van der Waals surface area contributed by atoms with Crippen molar-refractivity contribution in [3.63, 3.8) is 0 Å². The van der Waals surface area contributed by atoms with Gasteiger partial charge >= 0.3 is 5.97 Å². The van der Waals surface area contributed by atoms with E-state index in [-0.39, 0.29) is 30.7 Å². The summed E-state index contributed by atoms with van der Waals surface area (Å²) in [5.41, 5.74) is 2.19. The number of carbonyl (C=O) groups excluding carboxylic acids is 1. The molecule has 0 amide bonds. The first-order valence-electron chi connectivity index (χ1n) is 11.5. The Balaban J connectivity index is 2.11. The Morgan fingerprint density at radius 3 is 2.49 bits per heavy atom. The first-order valence-corrected chi connectivity index (χ1v) is 11.9. The molecule has 1 aliphatic heterocycles. The lowest BCUT2D eigenvalue weighted by atomic mass is 9.95. The van der Waals surface area contributed by atoms with Crippen LogP contribution in [0.15, 0.2) is 60.3 Å². The molecule has 3 rings (SSSR count). The van der Waals surface area contributed by atoms with Gasteiger partial charge in [-0.25, -0.2) is 4.79 Å². The zero-order chi connectivity index (χ0) is 25.5. The van der Waals surface area contributed by atoms with E-state index in [0.29, 0.717) is 34.4 Å². The van der Waals surface area contributed by atoms with Gasteiger partial charge < -0.3 is 29.3 Å². The van der Waals surface area contributed by atoms with E-state index in [2.05, 4.69) is 0 Å². The average Bonchev–Trinajstić information content (AvgIpc) is 2.84. The Hall–Kier alpha value is -3.00. The number of ether oxygens (including phenoxy) is 3. The molecule has 1 aliphatic rings. The summed E-state index contributed by atoms with van der Waals surface area (Å²) >= 11 is 6.49. The topological polar surface area (TPSA) is 88.5 Å². The Morgan fingerprint density at radius 1 is 1.17 bits per heavy atom. The second-order valence-corrected chi connectivity index (χ2v) is 8.87. The first kappa shape index (κ1) is 26.6. The van der Waals surface area contributed by atoms with Crippen LogP contribution >= 0.6 is 11.6 Å². The molecule has 0 bridgehead atoms. The minimum absolute atomic E-state index is 0.0146. The normalized spacial score (nSPS) is 16.5. The van der Waals surface area contributed by atoms with Crippen molar-refractivity contribution < 1.29 is 29.2 Å². The van der Waals surface area contributed by atoms with Crippen LogP contribution in [0.5, 0.6) is 11.5 Å². The third-order valence-electron chi connectivity index (χ3n) is 5.78. The number of methoxy groups -OCH3 is 1. The van der Waals surface area contributed by atoms with Gasteiger partial charge in [0, 0.05) is 17.8 Å². The number of carbonyl (C=O) groups is 1. The van der Waals surface area contributed by atoms with E-state index in [1.807, 2.05) is 44.2 Å². The smallest absolute Gasteiger partial charge is 0.338 e. The number of hydrogen-bond acceptors (Lipinski definition) is 7. The lowest BCUT2D eigenvalue weighted by molar-refractivity contribution is -0.139. The van der Waals surface area contributed by atoms with Gasteiger partial charge in [0.25, 0.3) is 0 Å². The molecule has 0 aromatic heterocycles. The predicted molar refractivity (Wildman–Crippen MR) is 135 cm³/mol. The summed E-state index contributed by atoms with van der Waals surface area (Å²) in [6.45, 7) is 5.93. The summed E-state index contributed by atoms with van der Waals surface area (Å²) < 4.78 is 16.7. The highest BCUT2D eigenvalue weighted by Gasteiger charge is 2.33. The summed E-state index contributed by atoms with van der Waals surface area (Å²) in [5.74, 6) is 0.314. The van der Waals surface area contributed by atoms with E-state index in [1.165, 1.54) is 13.3 Å². The van der Waals surface area contributed by atoms with Crippen molar-refractivity contribution in [1.82, 2.24) is 4.90 Å². The van der Waals surface area contributed by atoms with E-state index >= 15 is 0 Å². The second kappa shape index (κ2) is 12.1. The van der Waals surface area contributed by atoms with Crippen LogP contribution in [0, 0.1) is 5.92 Å². The van der Waals surface area contributed by atoms with Gasteiger partial charge in [-0.3, -0.25) is 0 Å². The van der Waals surface area contributed by atoms with Crippen LogP contribution in [0.3, 0.4) is 0 Å². The van der Waals surface area contributed by atoms with Gasteiger partial charge in [-0.15, -0.1) is 0 Å². The van der Waals surface area contributed by atoms with E-state index < -0.39 is 12.1 Å². The molecule has 0 radical (unpaired) electrons. The third kappa shape index (κ3) is 6.17. The predicted octanol–water partition coefficient (Wildman–Crippen LogP) is 4.41. The second-order valence-electron chi connectivity index (χ2n) is 8.46. The van der Waals surface area contributed by atoms with E-state index in [9.17, 15) is 15.0 Å². The van der Waals surface area contributed by atoms with Crippen molar-refractivity contribution in [2.45, 2.75) is 39.5 Å². The summed E-state index contributed by atoms with van der Waals surface area (Å²) in [6.07, 6.45) is 1.87. The molecule has 0 aliphatic carbocycles. The van der Waals surface area contributed by atoms with Gasteiger partial charge in [0.15, 0.2) is 0 Å². The molecule has 188 valence electrons. The number of benzene rings is 2. The fourth-order valence-corrected chi connectivity index (χ4v) is 4.12. The zero-order valence-electron chi connectivity index (χ0n) is 20.4. The minimum atomic E-state index is -1.21. The first-order chi connectivity index (χ1) is 16.8. The maximum Gasteiger partial charge on any atom is 0.338 e. The van der Waals surface area contributed by atoms with Gasteiger partial charge in [0.05, 0.1) is 42.7 Å². The van der Waals surface area contributed by atoms with Crippen molar-refractivity contribution in [1.29, 1.82) is 0 Å². The van der Waals surface area contributed by atoms with Crippen LogP contribution in [0.25, 0.3) is 5.70 Å². The molecular formula is C27H32ClNO6. The van der Waals surface area contributed by atoms with Crippen LogP contribution in [-0.2, 0) is 16.1 Å². The van der Waals surface area contributed by atoms with Crippen molar-refractivity contribution in [3.8, 4) is 11.5 Å². The van der Waals surface area contributed by atoms with Gasteiger partial charge in [-0.2, -0.15) is 0 Å². The largest absolute Gasteiger partial charge is 0.495 e. The average molecular weight is 502 g/mol. The minimum Gasteiger partial charge on any atom is -0.495 e. The Bertz CT molecular complexity index is 1080. The van der Waals surface area contributed by atoms with Gasteiger partial charge in [0.1, 0.15) is 24.2 Å². The Kier molecular flexibility index (Phi) is 9.20. The van der Waals surface area contributed by atoms with Crippen molar-refractivity contribution in [3.05, 3.63) is 76.5 Å². The molecule has 2 atom stereocenters. The SMILES string of the molecule is CCOC(=O)C1=CN(C(CO)C(C)C)C(c2cc(Cl)c(OC)cc2OCc2ccccc2)=CC1O. The highest BCUT2D eigenvalue weighted by Crippen LogP contribution is 2.41. The molecule has 1 heterocycles. The number of hydrogen-bond donors (Lipinski definition) is 2. The fourth-order valence-electron chi connectivity index (χ4n) is 3.88. The van der Waals surface area contributed by atoms with Crippen LogP contribution in [0.4, 0.5) is 0 Å². The van der Waals surface area contributed by atoms with Crippen LogP contribution in [-0.4, -0.2) is 53.6 Å². The van der Waals surface area contributed by atoms with Gasteiger partial charge in [-0.05, 0) is 30.5 Å². The summed E-state index contributed by atoms with van der Waals surface area (Å²) in [4.78, 5) is 14.3. The molecular weight excluding hydrogens is 470 g/mol. The third-order valence-corrected chi connectivity index (χ3v) is 6.08. The van der Waals surface area contributed by atoms with E-state index in [4.69, 9.17) is 25.8 Å². The highest BCUT2D eigenvalue weighted by molar-refractivity contribution is 6.32. The number of aliphatic hydroxyl groups excluding tert-OH is 2. The van der Waals surface area contributed by atoms with Crippen molar-refractivity contribution >= 4 is 23.3 Å². The molecule has 35 heavy (non-hydrogen) atoms. The Morgan fingerprint density at radius 2 is 1.89 bits per heavy atom.